The molecule has 4 nitrogen and oxygen atoms in total. The number of piperidine rings is 1. The first kappa shape index (κ1) is 17.7. The van der Waals surface area contributed by atoms with Gasteiger partial charge in [0.2, 0.25) is 11.8 Å². The van der Waals surface area contributed by atoms with Crippen molar-refractivity contribution in [3.05, 3.63) is 47.0 Å². The van der Waals surface area contributed by atoms with Crippen LogP contribution < -0.4 is 5.32 Å². The van der Waals surface area contributed by atoms with E-state index in [4.69, 9.17) is 0 Å². The third kappa shape index (κ3) is 5.20. The highest BCUT2D eigenvalue weighted by atomic mass is 79.9. The van der Waals surface area contributed by atoms with Gasteiger partial charge in [-0.25, -0.2) is 0 Å². The third-order valence-electron chi connectivity index (χ3n) is 4.17. The number of hydrogen-bond donors (Lipinski definition) is 1. The van der Waals surface area contributed by atoms with Gasteiger partial charge in [-0.15, -0.1) is 0 Å². The Morgan fingerprint density at radius 2 is 2.13 bits per heavy atom. The molecule has 1 aromatic rings. The van der Waals surface area contributed by atoms with Crippen LogP contribution in [0.2, 0.25) is 0 Å². The van der Waals surface area contributed by atoms with E-state index >= 15 is 0 Å². The number of rotatable bonds is 5. The van der Waals surface area contributed by atoms with Crippen molar-refractivity contribution in [1.82, 2.24) is 10.2 Å². The highest BCUT2D eigenvalue weighted by Gasteiger charge is 2.27. The minimum Gasteiger partial charge on any atom is -0.353 e. The van der Waals surface area contributed by atoms with E-state index < -0.39 is 0 Å². The number of carbonyl (C=O) groups is 2. The molecule has 0 bridgehead atoms. The average molecular weight is 379 g/mol. The van der Waals surface area contributed by atoms with Gasteiger partial charge < -0.3 is 10.2 Å². The van der Waals surface area contributed by atoms with Crippen LogP contribution in [0.3, 0.4) is 0 Å². The van der Waals surface area contributed by atoms with E-state index in [1.165, 1.54) is 11.6 Å². The van der Waals surface area contributed by atoms with Gasteiger partial charge in [0.25, 0.3) is 0 Å². The monoisotopic (exact) mass is 378 g/mol. The fourth-order valence-electron chi connectivity index (χ4n) is 2.92. The molecule has 2 rings (SSSR count). The molecule has 0 aromatic heterocycles. The van der Waals surface area contributed by atoms with Crippen LogP contribution in [0.5, 0.6) is 0 Å². The van der Waals surface area contributed by atoms with Crippen LogP contribution in [0, 0.1) is 5.92 Å². The maximum absolute atomic E-state index is 12.4. The lowest BCUT2D eigenvalue weighted by Crippen LogP contribution is -2.44. The Morgan fingerprint density at radius 3 is 2.74 bits per heavy atom. The topological polar surface area (TPSA) is 49.4 Å². The summed E-state index contributed by atoms with van der Waals surface area (Å²) in [6, 6.07) is 8.21. The predicted octanol–water partition coefficient (Wildman–Crippen LogP) is 2.92. The summed E-state index contributed by atoms with van der Waals surface area (Å²) in [6.07, 6.45) is 3.57. The molecule has 1 atom stereocenters. The summed E-state index contributed by atoms with van der Waals surface area (Å²) in [5.41, 5.74) is 1.19. The molecule has 0 saturated carbocycles. The van der Waals surface area contributed by atoms with E-state index in [2.05, 4.69) is 40.0 Å². The molecule has 1 aliphatic heterocycles. The molecule has 0 spiro atoms. The van der Waals surface area contributed by atoms with Gasteiger partial charge in [-0.1, -0.05) is 34.6 Å². The summed E-state index contributed by atoms with van der Waals surface area (Å²) in [4.78, 5) is 25.7. The molecule has 1 N–H and O–H groups in total. The molecule has 2 amide bonds. The van der Waals surface area contributed by atoms with Crippen molar-refractivity contribution >= 4 is 27.7 Å². The Balaban J connectivity index is 1.80. The number of halogens is 1. The molecule has 0 radical (unpaired) electrons. The summed E-state index contributed by atoms with van der Waals surface area (Å²) in [7, 11) is 0. The van der Waals surface area contributed by atoms with Crippen LogP contribution in [-0.4, -0.2) is 35.8 Å². The van der Waals surface area contributed by atoms with Gasteiger partial charge in [0, 0.05) is 29.5 Å². The number of nitrogens with zero attached hydrogens (tertiary/aromatic N) is 1. The zero-order valence-electron chi connectivity index (χ0n) is 13.4. The second-order valence-corrected chi connectivity index (χ2v) is 6.96. The summed E-state index contributed by atoms with van der Waals surface area (Å²) in [5, 5.41) is 3.10. The minimum absolute atomic E-state index is 0.00572. The average Bonchev–Trinajstić information content (AvgIpc) is 2.54. The van der Waals surface area contributed by atoms with Gasteiger partial charge in [-0.05, 0) is 50.0 Å². The van der Waals surface area contributed by atoms with Crippen molar-refractivity contribution in [2.75, 3.05) is 13.1 Å². The Hall–Kier alpha value is -1.62. The maximum Gasteiger partial charge on any atom is 0.245 e. The van der Waals surface area contributed by atoms with Crippen molar-refractivity contribution in [2.24, 2.45) is 5.92 Å². The quantitative estimate of drug-likeness (QED) is 0.800. The fourth-order valence-corrected chi connectivity index (χ4v) is 3.37. The highest BCUT2D eigenvalue weighted by molar-refractivity contribution is 9.10. The van der Waals surface area contributed by atoms with Crippen molar-refractivity contribution in [3.63, 3.8) is 0 Å². The van der Waals surface area contributed by atoms with Crippen molar-refractivity contribution in [3.8, 4) is 0 Å². The van der Waals surface area contributed by atoms with Gasteiger partial charge in [-0.2, -0.15) is 0 Å². The van der Waals surface area contributed by atoms with Crippen LogP contribution in [-0.2, 0) is 16.0 Å². The van der Waals surface area contributed by atoms with Crippen LogP contribution in [0.15, 0.2) is 41.4 Å². The smallest absolute Gasteiger partial charge is 0.245 e. The van der Waals surface area contributed by atoms with Crippen LogP contribution in [0.25, 0.3) is 0 Å². The molecule has 124 valence electrons. The lowest BCUT2D eigenvalue weighted by molar-refractivity contribution is -0.132. The standard InChI is InChI=1S/C18H23BrN2O2/c1-3-17(22)21-9-7-15(8-10-21)18(23)20-13(2)11-14-5-4-6-16(19)12-14/h3-6,12-13,15H,1,7-11H2,2H3,(H,20,23). The number of likely N-dealkylation sites (tertiary alicyclic amines) is 1. The van der Waals surface area contributed by atoms with Gasteiger partial charge in [-0.3, -0.25) is 9.59 Å². The zero-order valence-corrected chi connectivity index (χ0v) is 15.0. The number of benzene rings is 1. The van der Waals surface area contributed by atoms with Crippen LogP contribution >= 0.6 is 15.9 Å². The lowest BCUT2D eigenvalue weighted by atomic mass is 9.95. The van der Waals surface area contributed by atoms with E-state index in [-0.39, 0.29) is 23.8 Å². The second kappa shape index (κ2) is 8.29. The van der Waals surface area contributed by atoms with E-state index in [1.54, 1.807) is 4.90 Å². The van der Waals surface area contributed by atoms with Crippen molar-refractivity contribution in [2.45, 2.75) is 32.2 Å². The zero-order chi connectivity index (χ0) is 16.8. The Morgan fingerprint density at radius 1 is 1.43 bits per heavy atom. The van der Waals surface area contributed by atoms with Crippen molar-refractivity contribution in [1.29, 1.82) is 0 Å². The van der Waals surface area contributed by atoms with Gasteiger partial charge in [0.1, 0.15) is 0 Å². The molecule has 0 aliphatic carbocycles. The molecular formula is C18H23BrN2O2. The molecule has 1 aliphatic rings. The summed E-state index contributed by atoms with van der Waals surface area (Å²) >= 11 is 3.46. The molecule has 5 heteroatoms. The van der Waals surface area contributed by atoms with E-state index in [1.807, 2.05) is 19.1 Å². The summed E-state index contributed by atoms with van der Waals surface area (Å²) in [6.45, 7) is 6.78. The molecule has 1 aromatic carbocycles. The molecule has 23 heavy (non-hydrogen) atoms. The lowest BCUT2D eigenvalue weighted by Gasteiger charge is -2.31. The number of carbonyl (C=O) groups excluding carboxylic acids is 2. The van der Waals surface area contributed by atoms with Gasteiger partial charge in [0.15, 0.2) is 0 Å². The molecule has 1 fully saturated rings. The molecule has 1 unspecified atom stereocenters. The van der Waals surface area contributed by atoms with E-state index in [0.717, 1.165) is 23.7 Å². The third-order valence-corrected chi connectivity index (χ3v) is 4.66. The largest absolute Gasteiger partial charge is 0.353 e. The van der Waals surface area contributed by atoms with E-state index in [9.17, 15) is 9.59 Å². The molecule has 1 heterocycles. The number of amides is 2. The Kier molecular flexibility index (Phi) is 6.39. The van der Waals surface area contributed by atoms with Gasteiger partial charge in [0.05, 0.1) is 0 Å². The van der Waals surface area contributed by atoms with E-state index in [0.29, 0.717) is 13.1 Å². The minimum atomic E-state index is -0.0492. The summed E-state index contributed by atoms with van der Waals surface area (Å²) in [5.74, 6) is 0.0407. The Bertz CT molecular complexity index is 580. The Labute approximate surface area is 146 Å². The SMILES string of the molecule is C=CC(=O)N1CCC(C(=O)NC(C)Cc2cccc(Br)c2)CC1. The predicted molar refractivity (Wildman–Crippen MR) is 95.0 cm³/mol. The molecular weight excluding hydrogens is 356 g/mol. The van der Waals surface area contributed by atoms with Crippen LogP contribution in [0.4, 0.5) is 0 Å². The van der Waals surface area contributed by atoms with Crippen molar-refractivity contribution < 1.29 is 9.59 Å². The normalized spacial score (nSPS) is 16.7. The first-order valence-corrected chi connectivity index (χ1v) is 8.75. The highest BCUT2D eigenvalue weighted by Crippen LogP contribution is 2.18. The fraction of sp³-hybridized carbons (Fsp3) is 0.444. The molecule has 1 saturated heterocycles. The number of hydrogen-bond acceptors (Lipinski definition) is 2. The number of nitrogens with one attached hydrogen (secondary N) is 1. The first-order chi connectivity index (χ1) is 11.0. The maximum atomic E-state index is 12.4. The first-order valence-electron chi connectivity index (χ1n) is 7.95. The van der Waals surface area contributed by atoms with Crippen LogP contribution in [0.1, 0.15) is 25.3 Å². The van der Waals surface area contributed by atoms with Gasteiger partial charge >= 0.3 is 0 Å². The summed E-state index contributed by atoms with van der Waals surface area (Å²) < 4.78 is 1.05. The second-order valence-electron chi connectivity index (χ2n) is 6.05.